The van der Waals surface area contributed by atoms with Gasteiger partial charge in [-0.25, -0.2) is 9.07 Å². The van der Waals surface area contributed by atoms with E-state index in [1.165, 1.54) is 16.8 Å². The van der Waals surface area contributed by atoms with Crippen molar-refractivity contribution in [1.82, 2.24) is 25.5 Å². The van der Waals surface area contributed by atoms with Gasteiger partial charge in [0.25, 0.3) is 0 Å². The van der Waals surface area contributed by atoms with Gasteiger partial charge < -0.3 is 5.32 Å². The number of benzene rings is 1. The number of amides is 1. The molecule has 0 fully saturated rings. The zero-order chi connectivity index (χ0) is 13.0. The molecule has 2 aromatic rings. The smallest absolute Gasteiger partial charge is 0.227 e. The van der Waals surface area contributed by atoms with Crippen LogP contribution in [0, 0.1) is 5.82 Å². The third kappa shape index (κ3) is 3.09. The topological polar surface area (TPSA) is 72.7 Å². The molecule has 0 radical (unpaired) electrons. The van der Waals surface area contributed by atoms with Crippen LogP contribution in [0.25, 0.3) is 0 Å². The van der Waals surface area contributed by atoms with Gasteiger partial charge >= 0.3 is 0 Å². The summed E-state index contributed by atoms with van der Waals surface area (Å²) >= 11 is 0. The number of carbonyl (C=O) groups excluding carboxylic acids is 1. The Morgan fingerprint density at radius 2 is 2.11 bits per heavy atom. The number of nitrogens with zero attached hydrogens (tertiary/aromatic N) is 4. The fraction of sp³-hybridized carbons (Fsp3) is 0.273. The van der Waals surface area contributed by atoms with Crippen LogP contribution in [0.2, 0.25) is 0 Å². The molecule has 0 aliphatic heterocycles. The second-order valence-corrected chi connectivity index (χ2v) is 3.80. The molecule has 0 atom stereocenters. The average molecular weight is 249 g/mol. The van der Waals surface area contributed by atoms with E-state index < -0.39 is 0 Å². The third-order valence-corrected chi connectivity index (χ3v) is 2.43. The summed E-state index contributed by atoms with van der Waals surface area (Å²) in [7, 11) is 1.67. The summed E-state index contributed by atoms with van der Waals surface area (Å²) in [6.07, 6.45) is 0.116. The first kappa shape index (κ1) is 12.2. The number of nitrogens with one attached hydrogen (secondary N) is 1. The van der Waals surface area contributed by atoms with Crippen LogP contribution in [0.15, 0.2) is 24.3 Å². The molecule has 7 heteroatoms. The van der Waals surface area contributed by atoms with E-state index in [9.17, 15) is 9.18 Å². The van der Waals surface area contributed by atoms with Gasteiger partial charge in [-0.05, 0) is 28.1 Å². The van der Waals surface area contributed by atoms with Crippen LogP contribution in [-0.4, -0.2) is 26.1 Å². The van der Waals surface area contributed by atoms with Crippen molar-refractivity contribution in [3.8, 4) is 0 Å². The molecule has 1 amide bonds. The van der Waals surface area contributed by atoms with E-state index in [0.29, 0.717) is 12.4 Å². The summed E-state index contributed by atoms with van der Waals surface area (Å²) < 4.78 is 14.1. The van der Waals surface area contributed by atoms with Crippen LogP contribution in [-0.2, 0) is 24.8 Å². The first-order chi connectivity index (χ1) is 8.65. The Balaban J connectivity index is 1.85. The predicted octanol–water partition coefficient (Wildman–Crippen LogP) is 0.208. The van der Waals surface area contributed by atoms with Crippen LogP contribution < -0.4 is 5.32 Å². The third-order valence-electron chi connectivity index (χ3n) is 2.43. The Bertz CT molecular complexity index is 537. The van der Waals surface area contributed by atoms with E-state index in [0.717, 1.165) is 5.56 Å². The van der Waals surface area contributed by atoms with Gasteiger partial charge in [-0.2, -0.15) is 0 Å². The molecule has 0 saturated carbocycles. The molecule has 1 aromatic carbocycles. The standard InChI is InChI=1S/C11H12FN5O/c1-17-10(14-15-16-17)6-11(18)13-7-8-2-4-9(12)5-3-8/h2-5H,6-7H2,1H3,(H,13,18). The number of carbonyl (C=O) groups is 1. The van der Waals surface area contributed by atoms with Gasteiger partial charge in [-0.1, -0.05) is 12.1 Å². The quantitative estimate of drug-likeness (QED) is 0.840. The largest absolute Gasteiger partial charge is 0.352 e. The maximum absolute atomic E-state index is 12.7. The molecule has 0 aliphatic rings. The van der Waals surface area contributed by atoms with E-state index >= 15 is 0 Å². The minimum atomic E-state index is -0.296. The molecule has 0 aliphatic carbocycles. The van der Waals surface area contributed by atoms with Crippen LogP contribution in [0.3, 0.4) is 0 Å². The summed E-state index contributed by atoms with van der Waals surface area (Å²) in [5, 5.41) is 13.5. The Morgan fingerprint density at radius 1 is 1.39 bits per heavy atom. The highest BCUT2D eigenvalue weighted by atomic mass is 19.1. The van der Waals surface area contributed by atoms with Gasteiger partial charge in [0.05, 0.1) is 6.42 Å². The zero-order valence-electron chi connectivity index (χ0n) is 9.80. The molecule has 0 saturated heterocycles. The maximum Gasteiger partial charge on any atom is 0.227 e. The molecule has 2 rings (SSSR count). The average Bonchev–Trinajstić information content (AvgIpc) is 2.74. The molecule has 1 aromatic heterocycles. The van der Waals surface area contributed by atoms with Gasteiger partial charge in [0.15, 0.2) is 5.82 Å². The van der Waals surface area contributed by atoms with Crippen molar-refractivity contribution in [2.45, 2.75) is 13.0 Å². The van der Waals surface area contributed by atoms with Gasteiger partial charge in [-0.15, -0.1) is 5.10 Å². The highest BCUT2D eigenvalue weighted by Crippen LogP contribution is 2.02. The van der Waals surface area contributed by atoms with Gasteiger partial charge in [0.1, 0.15) is 5.82 Å². The lowest BCUT2D eigenvalue weighted by Gasteiger charge is -2.04. The van der Waals surface area contributed by atoms with Gasteiger partial charge in [-0.3, -0.25) is 4.79 Å². The lowest BCUT2D eigenvalue weighted by Crippen LogP contribution is -2.25. The molecule has 0 bridgehead atoms. The number of aryl methyl sites for hydroxylation is 1. The molecule has 1 heterocycles. The summed E-state index contributed by atoms with van der Waals surface area (Å²) in [6, 6.07) is 5.96. The lowest BCUT2D eigenvalue weighted by atomic mass is 10.2. The molecule has 18 heavy (non-hydrogen) atoms. The number of halogens is 1. The Morgan fingerprint density at radius 3 is 2.72 bits per heavy atom. The normalized spacial score (nSPS) is 10.3. The Kier molecular flexibility index (Phi) is 3.61. The Hall–Kier alpha value is -2.31. The van der Waals surface area contributed by atoms with Gasteiger partial charge in [0, 0.05) is 13.6 Å². The molecular formula is C11H12FN5O. The van der Waals surface area contributed by atoms with Crippen molar-refractivity contribution in [1.29, 1.82) is 0 Å². The first-order valence-corrected chi connectivity index (χ1v) is 5.37. The van der Waals surface area contributed by atoms with E-state index in [1.807, 2.05) is 0 Å². The molecule has 0 spiro atoms. The fourth-order valence-corrected chi connectivity index (χ4v) is 1.41. The van der Waals surface area contributed by atoms with Gasteiger partial charge in [0.2, 0.25) is 5.91 Å². The number of hydrogen-bond donors (Lipinski definition) is 1. The van der Waals surface area contributed by atoms with Crippen LogP contribution in [0.4, 0.5) is 4.39 Å². The van der Waals surface area contributed by atoms with E-state index in [4.69, 9.17) is 0 Å². The molecule has 1 N–H and O–H groups in total. The van der Waals surface area contributed by atoms with Crippen molar-refractivity contribution in [3.63, 3.8) is 0 Å². The summed E-state index contributed by atoms with van der Waals surface area (Å²) in [5.74, 6) is 0.0130. The summed E-state index contributed by atoms with van der Waals surface area (Å²) in [4.78, 5) is 11.6. The van der Waals surface area contributed by atoms with Crippen molar-refractivity contribution in [3.05, 3.63) is 41.5 Å². The fourth-order valence-electron chi connectivity index (χ4n) is 1.41. The minimum Gasteiger partial charge on any atom is -0.352 e. The minimum absolute atomic E-state index is 0.116. The van der Waals surface area contributed by atoms with Crippen molar-refractivity contribution in [2.75, 3.05) is 0 Å². The van der Waals surface area contributed by atoms with Crippen molar-refractivity contribution < 1.29 is 9.18 Å². The SMILES string of the molecule is Cn1nnnc1CC(=O)NCc1ccc(F)cc1. The Labute approximate surface area is 103 Å². The maximum atomic E-state index is 12.7. The number of aromatic nitrogens is 4. The molecule has 0 unspecified atom stereocenters. The summed E-state index contributed by atoms with van der Waals surface area (Å²) in [5.41, 5.74) is 0.834. The van der Waals surface area contributed by atoms with E-state index in [2.05, 4.69) is 20.8 Å². The highest BCUT2D eigenvalue weighted by Gasteiger charge is 2.08. The second-order valence-electron chi connectivity index (χ2n) is 3.80. The molecule has 94 valence electrons. The molecule has 6 nitrogen and oxygen atoms in total. The second kappa shape index (κ2) is 5.35. The monoisotopic (exact) mass is 249 g/mol. The van der Waals surface area contributed by atoms with Crippen LogP contribution in [0.5, 0.6) is 0 Å². The van der Waals surface area contributed by atoms with Crippen molar-refractivity contribution in [2.24, 2.45) is 7.05 Å². The lowest BCUT2D eigenvalue weighted by molar-refractivity contribution is -0.120. The number of hydrogen-bond acceptors (Lipinski definition) is 4. The first-order valence-electron chi connectivity index (χ1n) is 5.37. The number of rotatable bonds is 4. The van der Waals surface area contributed by atoms with E-state index in [-0.39, 0.29) is 18.1 Å². The summed E-state index contributed by atoms with van der Waals surface area (Å²) in [6.45, 7) is 0.352. The van der Waals surface area contributed by atoms with Crippen LogP contribution in [0.1, 0.15) is 11.4 Å². The van der Waals surface area contributed by atoms with E-state index in [1.54, 1.807) is 19.2 Å². The van der Waals surface area contributed by atoms with Crippen LogP contribution >= 0.6 is 0 Å². The predicted molar refractivity (Wildman–Crippen MR) is 60.7 cm³/mol. The zero-order valence-corrected chi connectivity index (χ0v) is 9.80. The highest BCUT2D eigenvalue weighted by molar-refractivity contribution is 5.77. The molecular weight excluding hydrogens is 237 g/mol. The number of tetrazole rings is 1. The van der Waals surface area contributed by atoms with Crippen molar-refractivity contribution >= 4 is 5.91 Å².